The van der Waals surface area contributed by atoms with Gasteiger partial charge in [0.25, 0.3) is 0 Å². The third-order valence-corrected chi connectivity index (χ3v) is 4.08. The minimum atomic E-state index is -1.58. The quantitative estimate of drug-likeness (QED) is 0.129. The molecular weight excluding hydrogens is 418 g/mol. The lowest BCUT2D eigenvalue weighted by molar-refractivity contribution is -0.144. The third kappa shape index (κ3) is 10.4. The minimum Gasteiger partial charge on any atom is -0.481 e. The highest BCUT2D eigenvalue weighted by atomic mass is 16.4. The number of carboxylic acid groups (broad SMARTS) is 2. The Labute approximate surface area is 177 Å². The number of carboxylic acids is 2. The topological polar surface area (TPSA) is 251 Å². The van der Waals surface area contributed by atoms with Crippen LogP contribution in [0.2, 0.25) is 0 Å². The Morgan fingerprint density at radius 1 is 0.871 bits per heavy atom. The predicted octanol–water partition coefficient (Wildman–Crippen LogP) is -3.76. The van der Waals surface area contributed by atoms with E-state index in [1.165, 1.54) is 13.8 Å². The highest BCUT2D eigenvalue weighted by molar-refractivity contribution is 5.95. The van der Waals surface area contributed by atoms with Gasteiger partial charge in [-0.3, -0.25) is 24.0 Å². The van der Waals surface area contributed by atoms with Gasteiger partial charge in [-0.05, 0) is 12.3 Å². The maximum atomic E-state index is 12.5. The van der Waals surface area contributed by atoms with Gasteiger partial charge in [-0.1, -0.05) is 13.8 Å². The first-order valence-electron chi connectivity index (χ1n) is 9.30. The molecule has 0 aromatic rings. The smallest absolute Gasteiger partial charge is 0.326 e. The van der Waals surface area contributed by atoms with Crippen LogP contribution in [0.25, 0.3) is 0 Å². The summed E-state index contributed by atoms with van der Waals surface area (Å²) in [5, 5.41) is 33.9. The summed E-state index contributed by atoms with van der Waals surface area (Å²) in [7, 11) is 0. The first-order valence-corrected chi connectivity index (χ1v) is 9.30. The van der Waals surface area contributed by atoms with Gasteiger partial charge in [0, 0.05) is 6.42 Å². The number of aliphatic hydroxyl groups is 1. The average molecular weight is 447 g/mol. The molecule has 0 aliphatic rings. The Morgan fingerprint density at radius 2 is 1.39 bits per heavy atom. The number of amides is 4. The Kier molecular flexibility index (Phi) is 11.7. The molecule has 0 radical (unpaired) electrons. The Morgan fingerprint density at radius 3 is 1.81 bits per heavy atom. The Bertz CT molecular complexity index is 697. The summed E-state index contributed by atoms with van der Waals surface area (Å²) in [5.74, 6) is -6.94. The van der Waals surface area contributed by atoms with Gasteiger partial charge in [0.15, 0.2) is 0 Å². The molecule has 0 fully saturated rings. The summed E-state index contributed by atoms with van der Waals surface area (Å²) in [6.45, 7) is 2.17. The molecule has 0 saturated heterocycles. The molecule has 0 spiro atoms. The van der Waals surface area contributed by atoms with Gasteiger partial charge in [-0.2, -0.15) is 0 Å². The van der Waals surface area contributed by atoms with Crippen molar-refractivity contribution in [3.05, 3.63) is 0 Å². The van der Waals surface area contributed by atoms with Crippen LogP contribution in [0.5, 0.6) is 0 Å². The molecule has 0 bridgehead atoms. The number of carbonyl (C=O) groups is 6. The van der Waals surface area contributed by atoms with E-state index in [0.29, 0.717) is 0 Å². The van der Waals surface area contributed by atoms with Crippen LogP contribution >= 0.6 is 0 Å². The molecule has 10 N–H and O–H groups in total. The first-order chi connectivity index (χ1) is 14.3. The van der Waals surface area contributed by atoms with Gasteiger partial charge >= 0.3 is 11.9 Å². The second-order valence-corrected chi connectivity index (χ2v) is 7.08. The summed E-state index contributed by atoms with van der Waals surface area (Å²) in [6, 6.07) is -5.72. The number of carbonyl (C=O) groups excluding carboxylic acids is 4. The van der Waals surface area contributed by atoms with Crippen LogP contribution in [-0.4, -0.2) is 81.7 Å². The fraction of sp³-hybridized carbons (Fsp3) is 0.647. The van der Waals surface area contributed by atoms with Crippen molar-refractivity contribution in [2.45, 2.75) is 57.3 Å². The van der Waals surface area contributed by atoms with Crippen LogP contribution in [-0.2, 0) is 28.8 Å². The zero-order valence-corrected chi connectivity index (χ0v) is 17.2. The lowest BCUT2D eigenvalue weighted by atomic mass is 10.0. The van der Waals surface area contributed by atoms with Gasteiger partial charge in [0.2, 0.25) is 23.6 Å². The van der Waals surface area contributed by atoms with Crippen LogP contribution < -0.4 is 27.4 Å². The molecule has 31 heavy (non-hydrogen) atoms. The van der Waals surface area contributed by atoms with Crippen molar-refractivity contribution in [3.63, 3.8) is 0 Å². The van der Waals surface area contributed by atoms with E-state index < -0.39 is 85.1 Å². The minimum absolute atomic E-state index is 0.384. The molecule has 0 saturated carbocycles. The summed E-state index contributed by atoms with van der Waals surface area (Å²) >= 11 is 0. The molecule has 0 heterocycles. The predicted molar refractivity (Wildman–Crippen MR) is 104 cm³/mol. The normalized spacial score (nSPS) is 14.6. The SMILES string of the molecule is CC(C)C(NC(=O)C(CCC(=O)O)NC(=O)C(CO)NC(=O)C(N)CC(N)=O)C(=O)O. The number of nitrogens with two attached hydrogens (primary N) is 2. The van der Waals surface area contributed by atoms with Crippen LogP contribution in [0.1, 0.15) is 33.1 Å². The van der Waals surface area contributed by atoms with E-state index in [-0.39, 0.29) is 6.42 Å². The van der Waals surface area contributed by atoms with E-state index in [9.17, 15) is 39.0 Å². The van der Waals surface area contributed by atoms with E-state index in [2.05, 4.69) is 16.0 Å². The Hall–Kier alpha value is -3.26. The second kappa shape index (κ2) is 13.1. The zero-order chi connectivity index (χ0) is 24.3. The van der Waals surface area contributed by atoms with Crippen molar-refractivity contribution >= 4 is 35.6 Å². The molecular formula is C17H29N5O9. The molecule has 0 aromatic carbocycles. The number of rotatable bonds is 14. The lowest BCUT2D eigenvalue weighted by Crippen LogP contribution is -2.58. The van der Waals surface area contributed by atoms with Crippen molar-refractivity contribution in [1.29, 1.82) is 0 Å². The maximum absolute atomic E-state index is 12.5. The number of aliphatic hydroxyl groups excluding tert-OH is 1. The standard InChI is InChI=1S/C17H29N5O9/c1-7(2)13(17(30)31)22-15(28)9(3-4-12(25)26)20-16(29)10(6-23)21-14(27)8(18)5-11(19)24/h7-10,13,23H,3-6,18H2,1-2H3,(H2,19,24)(H,20,29)(H,21,27)(H,22,28)(H,25,26)(H,30,31). The number of hydrogen-bond acceptors (Lipinski definition) is 8. The van der Waals surface area contributed by atoms with Crippen LogP contribution in [0.4, 0.5) is 0 Å². The number of primary amides is 1. The summed E-state index contributed by atoms with van der Waals surface area (Å²) in [5.41, 5.74) is 10.4. The third-order valence-electron chi connectivity index (χ3n) is 4.08. The van der Waals surface area contributed by atoms with Gasteiger partial charge in [0.1, 0.15) is 18.1 Å². The van der Waals surface area contributed by atoms with Gasteiger partial charge < -0.3 is 42.7 Å². The van der Waals surface area contributed by atoms with E-state index in [4.69, 9.17) is 16.6 Å². The van der Waals surface area contributed by atoms with Crippen LogP contribution in [0.15, 0.2) is 0 Å². The highest BCUT2D eigenvalue weighted by Gasteiger charge is 2.31. The van der Waals surface area contributed by atoms with Crippen molar-refractivity contribution in [2.75, 3.05) is 6.61 Å². The van der Waals surface area contributed by atoms with Crippen LogP contribution in [0, 0.1) is 5.92 Å². The van der Waals surface area contributed by atoms with E-state index in [1.807, 2.05) is 0 Å². The van der Waals surface area contributed by atoms with E-state index in [1.54, 1.807) is 0 Å². The molecule has 0 aliphatic carbocycles. The number of hydrogen-bond donors (Lipinski definition) is 8. The van der Waals surface area contributed by atoms with Gasteiger partial charge in [-0.15, -0.1) is 0 Å². The molecule has 0 rings (SSSR count). The van der Waals surface area contributed by atoms with Crippen molar-refractivity contribution in [2.24, 2.45) is 17.4 Å². The summed E-state index contributed by atoms with van der Waals surface area (Å²) in [4.78, 5) is 69.8. The lowest BCUT2D eigenvalue weighted by Gasteiger charge is -2.25. The van der Waals surface area contributed by atoms with Gasteiger partial charge in [0.05, 0.1) is 19.1 Å². The molecule has 14 nitrogen and oxygen atoms in total. The fourth-order valence-corrected chi connectivity index (χ4v) is 2.36. The van der Waals surface area contributed by atoms with Crippen LogP contribution in [0.3, 0.4) is 0 Å². The Balaban J connectivity index is 5.33. The van der Waals surface area contributed by atoms with Crippen molar-refractivity contribution in [1.82, 2.24) is 16.0 Å². The molecule has 0 aromatic heterocycles. The van der Waals surface area contributed by atoms with Gasteiger partial charge in [-0.25, -0.2) is 4.79 Å². The fourth-order valence-electron chi connectivity index (χ4n) is 2.36. The monoisotopic (exact) mass is 447 g/mol. The summed E-state index contributed by atoms with van der Waals surface area (Å²) in [6.07, 6.45) is -1.43. The number of nitrogens with one attached hydrogen (secondary N) is 3. The molecule has 14 heteroatoms. The number of aliphatic carboxylic acids is 2. The van der Waals surface area contributed by atoms with Crippen molar-refractivity contribution in [3.8, 4) is 0 Å². The van der Waals surface area contributed by atoms with Crippen molar-refractivity contribution < 1.29 is 44.1 Å². The second-order valence-electron chi connectivity index (χ2n) is 7.08. The van der Waals surface area contributed by atoms with E-state index in [0.717, 1.165) is 0 Å². The molecule has 4 unspecified atom stereocenters. The molecule has 4 atom stereocenters. The molecule has 176 valence electrons. The largest absolute Gasteiger partial charge is 0.481 e. The average Bonchev–Trinajstić information content (AvgIpc) is 2.65. The summed E-state index contributed by atoms with van der Waals surface area (Å²) < 4.78 is 0. The van der Waals surface area contributed by atoms with E-state index >= 15 is 0 Å². The maximum Gasteiger partial charge on any atom is 0.326 e. The zero-order valence-electron chi connectivity index (χ0n) is 17.2. The molecule has 4 amide bonds. The first kappa shape index (κ1) is 27.7. The highest BCUT2D eigenvalue weighted by Crippen LogP contribution is 2.05. The molecule has 0 aliphatic heterocycles.